The van der Waals surface area contributed by atoms with Crippen LogP contribution < -0.4 is 5.73 Å². The summed E-state index contributed by atoms with van der Waals surface area (Å²) in [5.41, 5.74) is 5.85. The van der Waals surface area contributed by atoms with E-state index in [9.17, 15) is 4.79 Å². The summed E-state index contributed by atoms with van der Waals surface area (Å²) < 4.78 is 6.22. The van der Waals surface area contributed by atoms with Crippen LogP contribution in [0.5, 0.6) is 0 Å². The van der Waals surface area contributed by atoms with Gasteiger partial charge in [0.1, 0.15) is 11.6 Å². The Morgan fingerprint density at radius 3 is 2.69 bits per heavy atom. The standard InChI is InChI=1S/C8H13N3O2/c1-4-5-10-6(8(12)13-3)7(9)11(5)2/h4,9H2,1-3H3. The van der Waals surface area contributed by atoms with Crippen molar-refractivity contribution in [2.24, 2.45) is 7.05 Å². The van der Waals surface area contributed by atoms with Crippen molar-refractivity contribution in [1.29, 1.82) is 0 Å². The number of nitrogen functional groups attached to an aromatic ring is 1. The highest BCUT2D eigenvalue weighted by atomic mass is 16.5. The molecule has 0 radical (unpaired) electrons. The summed E-state index contributed by atoms with van der Waals surface area (Å²) in [4.78, 5) is 15.2. The molecule has 2 N–H and O–H groups in total. The van der Waals surface area contributed by atoms with Crippen LogP contribution in [-0.2, 0) is 18.2 Å². The Bertz CT molecular complexity index is 330. The fraction of sp³-hybridized carbons (Fsp3) is 0.500. The second-order valence-corrected chi connectivity index (χ2v) is 2.67. The van der Waals surface area contributed by atoms with Crippen molar-refractivity contribution in [3.05, 3.63) is 11.5 Å². The van der Waals surface area contributed by atoms with E-state index in [-0.39, 0.29) is 5.69 Å². The number of methoxy groups -OCH3 is 1. The van der Waals surface area contributed by atoms with E-state index in [0.29, 0.717) is 5.82 Å². The second-order valence-electron chi connectivity index (χ2n) is 2.67. The Morgan fingerprint density at radius 2 is 2.31 bits per heavy atom. The molecule has 0 saturated heterocycles. The number of hydrogen-bond donors (Lipinski definition) is 1. The molecule has 1 aromatic heterocycles. The van der Waals surface area contributed by atoms with Crippen molar-refractivity contribution in [1.82, 2.24) is 9.55 Å². The molecule has 0 fully saturated rings. The van der Waals surface area contributed by atoms with Gasteiger partial charge in [-0.05, 0) is 0 Å². The SMILES string of the molecule is CCc1nc(C(=O)OC)c(N)n1C. The average Bonchev–Trinajstić information content (AvgIpc) is 2.43. The van der Waals surface area contributed by atoms with Crippen LogP contribution in [0.1, 0.15) is 23.2 Å². The number of hydrogen-bond acceptors (Lipinski definition) is 4. The molecular weight excluding hydrogens is 170 g/mol. The molecule has 1 rings (SSSR count). The van der Waals surface area contributed by atoms with E-state index in [4.69, 9.17) is 5.73 Å². The van der Waals surface area contributed by atoms with Gasteiger partial charge in [-0.2, -0.15) is 0 Å². The Kier molecular flexibility index (Phi) is 2.55. The minimum absolute atomic E-state index is 0.196. The quantitative estimate of drug-likeness (QED) is 0.672. The van der Waals surface area contributed by atoms with Gasteiger partial charge in [0.15, 0.2) is 5.69 Å². The number of aromatic nitrogens is 2. The number of anilines is 1. The first kappa shape index (κ1) is 9.57. The first-order valence-electron chi connectivity index (χ1n) is 4.01. The topological polar surface area (TPSA) is 70.1 Å². The molecule has 0 aliphatic rings. The highest BCUT2D eigenvalue weighted by Crippen LogP contribution is 2.13. The minimum atomic E-state index is -0.493. The molecule has 5 nitrogen and oxygen atoms in total. The van der Waals surface area contributed by atoms with E-state index in [0.717, 1.165) is 12.2 Å². The normalized spacial score (nSPS) is 10.1. The summed E-state index contributed by atoms with van der Waals surface area (Å²) in [6, 6.07) is 0. The highest BCUT2D eigenvalue weighted by molar-refractivity contribution is 5.92. The van der Waals surface area contributed by atoms with Crippen LogP contribution in [-0.4, -0.2) is 22.6 Å². The lowest BCUT2D eigenvalue weighted by Crippen LogP contribution is -2.06. The third-order valence-corrected chi connectivity index (χ3v) is 1.93. The number of esters is 1. The van der Waals surface area contributed by atoms with Gasteiger partial charge in [-0.1, -0.05) is 6.92 Å². The van der Waals surface area contributed by atoms with Crippen LogP contribution in [0.2, 0.25) is 0 Å². The number of carbonyl (C=O) groups excluding carboxylic acids is 1. The summed E-state index contributed by atoms with van der Waals surface area (Å²) in [7, 11) is 3.08. The third kappa shape index (κ3) is 1.49. The van der Waals surface area contributed by atoms with Crippen molar-refractivity contribution >= 4 is 11.8 Å². The summed E-state index contributed by atoms with van der Waals surface area (Å²) in [5.74, 6) is 0.634. The number of aryl methyl sites for hydroxylation is 1. The van der Waals surface area contributed by atoms with Crippen LogP contribution in [0.4, 0.5) is 5.82 Å². The van der Waals surface area contributed by atoms with Crippen LogP contribution in [0.15, 0.2) is 0 Å². The lowest BCUT2D eigenvalue weighted by atomic mass is 10.4. The molecular formula is C8H13N3O2. The molecule has 0 saturated carbocycles. The van der Waals surface area contributed by atoms with Gasteiger partial charge in [0, 0.05) is 13.5 Å². The van der Waals surface area contributed by atoms with Crippen LogP contribution in [0, 0.1) is 0 Å². The molecule has 5 heteroatoms. The number of imidazole rings is 1. The van der Waals surface area contributed by atoms with E-state index in [1.807, 2.05) is 6.92 Å². The van der Waals surface area contributed by atoms with Crippen molar-refractivity contribution in [3.8, 4) is 0 Å². The number of nitrogens with zero attached hydrogens (tertiary/aromatic N) is 2. The van der Waals surface area contributed by atoms with E-state index in [1.54, 1.807) is 11.6 Å². The van der Waals surface area contributed by atoms with Crippen molar-refractivity contribution in [2.45, 2.75) is 13.3 Å². The lowest BCUT2D eigenvalue weighted by Gasteiger charge is -1.98. The Morgan fingerprint density at radius 1 is 1.69 bits per heavy atom. The molecule has 0 aromatic carbocycles. The third-order valence-electron chi connectivity index (χ3n) is 1.93. The molecule has 1 aromatic rings. The molecule has 0 atom stereocenters. The van der Waals surface area contributed by atoms with Gasteiger partial charge in [-0.3, -0.25) is 0 Å². The maximum Gasteiger partial charge on any atom is 0.360 e. The number of nitrogens with two attached hydrogens (primary N) is 1. The van der Waals surface area contributed by atoms with E-state index in [1.165, 1.54) is 7.11 Å². The minimum Gasteiger partial charge on any atom is -0.464 e. The van der Waals surface area contributed by atoms with Crippen molar-refractivity contribution in [2.75, 3.05) is 12.8 Å². The van der Waals surface area contributed by atoms with Crippen molar-refractivity contribution < 1.29 is 9.53 Å². The zero-order valence-corrected chi connectivity index (χ0v) is 8.00. The van der Waals surface area contributed by atoms with Gasteiger partial charge in [0.05, 0.1) is 7.11 Å². The highest BCUT2D eigenvalue weighted by Gasteiger charge is 2.17. The zero-order valence-electron chi connectivity index (χ0n) is 8.00. The van der Waals surface area contributed by atoms with Gasteiger partial charge >= 0.3 is 5.97 Å². The van der Waals surface area contributed by atoms with E-state index in [2.05, 4.69) is 9.72 Å². The predicted molar refractivity (Wildman–Crippen MR) is 48.3 cm³/mol. The molecule has 0 amide bonds. The zero-order chi connectivity index (χ0) is 10.0. The molecule has 0 aliphatic heterocycles. The maximum absolute atomic E-state index is 11.1. The van der Waals surface area contributed by atoms with Crippen molar-refractivity contribution in [3.63, 3.8) is 0 Å². The molecule has 0 spiro atoms. The first-order valence-corrected chi connectivity index (χ1v) is 4.01. The number of rotatable bonds is 2. The Labute approximate surface area is 76.5 Å². The monoisotopic (exact) mass is 183 g/mol. The molecule has 13 heavy (non-hydrogen) atoms. The predicted octanol–water partition coefficient (Wildman–Crippen LogP) is 0.351. The summed E-state index contributed by atoms with van der Waals surface area (Å²) in [6.45, 7) is 1.95. The van der Waals surface area contributed by atoms with Crippen LogP contribution in [0.3, 0.4) is 0 Å². The van der Waals surface area contributed by atoms with E-state index >= 15 is 0 Å². The largest absolute Gasteiger partial charge is 0.464 e. The molecule has 0 unspecified atom stereocenters. The van der Waals surface area contributed by atoms with Gasteiger partial charge < -0.3 is 15.0 Å². The number of ether oxygens (including phenoxy) is 1. The molecule has 0 bridgehead atoms. The Hall–Kier alpha value is -1.52. The second kappa shape index (κ2) is 3.47. The summed E-state index contributed by atoms with van der Waals surface area (Å²) in [5, 5.41) is 0. The maximum atomic E-state index is 11.1. The molecule has 1 heterocycles. The van der Waals surface area contributed by atoms with Gasteiger partial charge in [-0.25, -0.2) is 9.78 Å². The van der Waals surface area contributed by atoms with Gasteiger partial charge in [-0.15, -0.1) is 0 Å². The average molecular weight is 183 g/mol. The van der Waals surface area contributed by atoms with Crippen LogP contribution >= 0.6 is 0 Å². The molecule has 72 valence electrons. The Balaban J connectivity index is 3.17. The molecule has 0 aliphatic carbocycles. The fourth-order valence-corrected chi connectivity index (χ4v) is 1.12. The first-order chi connectivity index (χ1) is 6.11. The fourth-order valence-electron chi connectivity index (χ4n) is 1.12. The summed E-state index contributed by atoms with van der Waals surface area (Å²) in [6.07, 6.45) is 0.734. The van der Waals surface area contributed by atoms with Gasteiger partial charge in [0.2, 0.25) is 0 Å². The number of carbonyl (C=O) groups is 1. The van der Waals surface area contributed by atoms with Crippen LogP contribution in [0.25, 0.3) is 0 Å². The van der Waals surface area contributed by atoms with E-state index < -0.39 is 5.97 Å². The lowest BCUT2D eigenvalue weighted by molar-refractivity contribution is 0.0595. The smallest absolute Gasteiger partial charge is 0.360 e. The summed E-state index contributed by atoms with van der Waals surface area (Å²) >= 11 is 0. The van der Waals surface area contributed by atoms with Gasteiger partial charge in [0.25, 0.3) is 0 Å².